The third kappa shape index (κ3) is 4.76. The van der Waals surface area contributed by atoms with E-state index in [2.05, 4.69) is 28.3 Å². The maximum absolute atomic E-state index is 5.72. The van der Waals surface area contributed by atoms with E-state index in [0.717, 1.165) is 28.6 Å². The number of methoxy groups -OCH3 is 1. The zero-order valence-electron chi connectivity index (χ0n) is 11.8. The summed E-state index contributed by atoms with van der Waals surface area (Å²) in [7, 11) is 1.67. The number of rotatable bonds is 8. The third-order valence-electron chi connectivity index (χ3n) is 3.14. The second kappa shape index (κ2) is 8.53. The van der Waals surface area contributed by atoms with E-state index >= 15 is 0 Å². The van der Waals surface area contributed by atoms with Gasteiger partial charge in [-0.2, -0.15) is 0 Å². The van der Waals surface area contributed by atoms with Crippen LogP contribution in [-0.4, -0.2) is 25.9 Å². The Morgan fingerprint density at radius 3 is 2.63 bits per heavy atom. The number of benzene rings is 1. The molecule has 0 heterocycles. The highest BCUT2D eigenvalue weighted by atomic mass is 79.9. The SMILES string of the molecule is CCOC(CC)C(Cc1cc(OC)ccc1Br)NN. The van der Waals surface area contributed by atoms with Gasteiger partial charge in [0.05, 0.1) is 19.3 Å². The number of hydrazine groups is 1. The molecule has 108 valence electrons. The van der Waals surface area contributed by atoms with Gasteiger partial charge in [0.15, 0.2) is 0 Å². The molecule has 19 heavy (non-hydrogen) atoms. The molecule has 5 heteroatoms. The van der Waals surface area contributed by atoms with Crippen molar-refractivity contribution in [3.8, 4) is 5.75 Å². The summed E-state index contributed by atoms with van der Waals surface area (Å²) in [5.41, 5.74) is 4.02. The van der Waals surface area contributed by atoms with Gasteiger partial charge in [0.25, 0.3) is 0 Å². The van der Waals surface area contributed by atoms with Crippen molar-refractivity contribution in [2.75, 3.05) is 13.7 Å². The monoisotopic (exact) mass is 330 g/mol. The highest BCUT2D eigenvalue weighted by molar-refractivity contribution is 9.10. The van der Waals surface area contributed by atoms with Crippen molar-refractivity contribution >= 4 is 15.9 Å². The summed E-state index contributed by atoms with van der Waals surface area (Å²) in [5.74, 6) is 6.52. The van der Waals surface area contributed by atoms with Gasteiger partial charge in [-0.15, -0.1) is 0 Å². The highest BCUT2D eigenvalue weighted by Gasteiger charge is 2.20. The molecule has 0 aliphatic carbocycles. The first-order valence-corrected chi connectivity index (χ1v) is 7.35. The molecular weight excluding hydrogens is 308 g/mol. The summed E-state index contributed by atoms with van der Waals surface area (Å²) in [5, 5.41) is 0. The number of nitrogens with one attached hydrogen (secondary N) is 1. The molecule has 3 N–H and O–H groups in total. The van der Waals surface area contributed by atoms with Crippen LogP contribution in [0.5, 0.6) is 5.75 Å². The Kier molecular flexibility index (Phi) is 7.38. The smallest absolute Gasteiger partial charge is 0.119 e. The maximum atomic E-state index is 5.72. The molecule has 2 atom stereocenters. The van der Waals surface area contributed by atoms with Crippen molar-refractivity contribution < 1.29 is 9.47 Å². The molecule has 0 fully saturated rings. The number of ether oxygens (including phenoxy) is 2. The van der Waals surface area contributed by atoms with E-state index in [1.807, 2.05) is 25.1 Å². The molecule has 0 bridgehead atoms. The quantitative estimate of drug-likeness (QED) is 0.568. The average Bonchev–Trinajstić information content (AvgIpc) is 2.44. The van der Waals surface area contributed by atoms with E-state index in [9.17, 15) is 0 Å². The molecule has 1 aromatic carbocycles. The van der Waals surface area contributed by atoms with E-state index in [1.165, 1.54) is 0 Å². The van der Waals surface area contributed by atoms with Gasteiger partial charge < -0.3 is 9.47 Å². The van der Waals surface area contributed by atoms with Crippen molar-refractivity contribution in [1.82, 2.24) is 5.43 Å². The van der Waals surface area contributed by atoms with Crippen molar-refractivity contribution in [1.29, 1.82) is 0 Å². The van der Waals surface area contributed by atoms with Crippen LogP contribution in [0, 0.1) is 0 Å². The zero-order valence-corrected chi connectivity index (χ0v) is 13.4. The molecule has 4 nitrogen and oxygen atoms in total. The summed E-state index contributed by atoms with van der Waals surface area (Å²) in [6.45, 7) is 4.79. The summed E-state index contributed by atoms with van der Waals surface area (Å²) in [6, 6.07) is 6.02. The van der Waals surface area contributed by atoms with Crippen molar-refractivity contribution in [2.45, 2.75) is 38.8 Å². The number of hydrogen-bond acceptors (Lipinski definition) is 4. The lowest BCUT2D eigenvalue weighted by atomic mass is 10.00. The van der Waals surface area contributed by atoms with Gasteiger partial charge in [0.1, 0.15) is 5.75 Å². The minimum atomic E-state index is 0.0772. The van der Waals surface area contributed by atoms with Crippen LogP contribution in [-0.2, 0) is 11.2 Å². The first-order chi connectivity index (χ1) is 9.15. The van der Waals surface area contributed by atoms with Crippen LogP contribution in [0.25, 0.3) is 0 Å². The summed E-state index contributed by atoms with van der Waals surface area (Å²) < 4.78 is 12.0. The molecular formula is C14H23BrN2O2. The van der Waals surface area contributed by atoms with Gasteiger partial charge in [-0.25, -0.2) is 0 Å². The van der Waals surface area contributed by atoms with Crippen molar-refractivity contribution in [3.05, 3.63) is 28.2 Å². The van der Waals surface area contributed by atoms with Gasteiger partial charge in [-0.05, 0) is 43.5 Å². The molecule has 0 aromatic heterocycles. The van der Waals surface area contributed by atoms with E-state index in [-0.39, 0.29) is 12.1 Å². The number of hydrogen-bond donors (Lipinski definition) is 2. The summed E-state index contributed by atoms with van der Waals surface area (Å²) in [4.78, 5) is 0. The van der Waals surface area contributed by atoms with Crippen molar-refractivity contribution in [2.24, 2.45) is 5.84 Å². The molecule has 1 rings (SSSR count). The highest BCUT2D eigenvalue weighted by Crippen LogP contribution is 2.24. The molecule has 0 saturated heterocycles. The third-order valence-corrected chi connectivity index (χ3v) is 3.91. The Morgan fingerprint density at radius 2 is 2.11 bits per heavy atom. The van der Waals surface area contributed by atoms with Crippen molar-refractivity contribution in [3.63, 3.8) is 0 Å². The van der Waals surface area contributed by atoms with Crippen LogP contribution in [0.2, 0.25) is 0 Å². The molecule has 0 aliphatic heterocycles. The first-order valence-electron chi connectivity index (χ1n) is 6.56. The standard InChI is InChI=1S/C14H23BrN2O2/c1-4-14(19-5-2)13(17-16)9-10-8-11(18-3)6-7-12(10)15/h6-8,13-14,17H,4-5,9,16H2,1-3H3. The van der Waals surface area contributed by atoms with E-state index in [1.54, 1.807) is 7.11 Å². The Bertz CT molecular complexity index is 388. The molecule has 0 radical (unpaired) electrons. The Morgan fingerprint density at radius 1 is 1.37 bits per heavy atom. The summed E-state index contributed by atoms with van der Waals surface area (Å²) in [6.07, 6.45) is 1.81. The van der Waals surface area contributed by atoms with Gasteiger partial charge in [0.2, 0.25) is 0 Å². The topological polar surface area (TPSA) is 56.5 Å². The molecule has 0 spiro atoms. The average molecular weight is 331 g/mol. The molecule has 0 amide bonds. The lowest BCUT2D eigenvalue weighted by molar-refractivity contribution is 0.0319. The Labute approximate surface area is 123 Å². The molecule has 0 saturated carbocycles. The second-order valence-electron chi connectivity index (χ2n) is 4.34. The van der Waals surface area contributed by atoms with Gasteiger partial charge in [-0.3, -0.25) is 11.3 Å². The zero-order chi connectivity index (χ0) is 14.3. The van der Waals surface area contributed by atoms with Crippen LogP contribution in [0.4, 0.5) is 0 Å². The van der Waals surface area contributed by atoms with Crippen LogP contribution in [0.3, 0.4) is 0 Å². The van der Waals surface area contributed by atoms with Crippen LogP contribution < -0.4 is 16.0 Å². The van der Waals surface area contributed by atoms with E-state index in [4.69, 9.17) is 15.3 Å². The predicted octanol–water partition coefficient (Wildman–Crippen LogP) is 2.65. The fourth-order valence-electron chi connectivity index (χ4n) is 2.10. The lowest BCUT2D eigenvalue weighted by Gasteiger charge is -2.26. The maximum Gasteiger partial charge on any atom is 0.119 e. The molecule has 1 aromatic rings. The number of nitrogens with two attached hydrogens (primary N) is 1. The van der Waals surface area contributed by atoms with Gasteiger partial charge in [0, 0.05) is 11.1 Å². The fraction of sp³-hybridized carbons (Fsp3) is 0.571. The summed E-state index contributed by atoms with van der Waals surface area (Å²) >= 11 is 3.56. The Hall–Kier alpha value is -0.620. The fourth-order valence-corrected chi connectivity index (χ4v) is 2.51. The minimum Gasteiger partial charge on any atom is -0.497 e. The normalized spacial score (nSPS) is 14.2. The van der Waals surface area contributed by atoms with Crippen LogP contribution >= 0.6 is 15.9 Å². The Balaban J connectivity index is 2.84. The number of halogens is 1. The van der Waals surface area contributed by atoms with Crippen LogP contribution in [0.1, 0.15) is 25.8 Å². The van der Waals surface area contributed by atoms with E-state index < -0.39 is 0 Å². The lowest BCUT2D eigenvalue weighted by Crippen LogP contribution is -2.46. The molecule has 2 unspecified atom stereocenters. The largest absolute Gasteiger partial charge is 0.497 e. The van der Waals surface area contributed by atoms with Gasteiger partial charge >= 0.3 is 0 Å². The van der Waals surface area contributed by atoms with Crippen LogP contribution in [0.15, 0.2) is 22.7 Å². The van der Waals surface area contributed by atoms with E-state index in [0.29, 0.717) is 6.61 Å². The minimum absolute atomic E-state index is 0.0772. The predicted molar refractivity (Wildman–Crippen MR) is 81.2 cm³/mol. The second-order valence-corrected chi connectivity index (χ2v) is 5.19. The first kappa shape index (κ1) is 16.4. The molecule has 0 aliphatic rings. The van der Waals surface area contributed by atoms with Gasteiger partial charge in [-0.1, -0.05) is 22.9 Å².